The Labute approximate surface area is 197 Å². The minimum absolute atomic E-state index is 0.208. The van der Waals surface area contributed by atoms with Gasteiger partial charge in [-0.15, -0.1) is 0 Å². The number of carbonyl (C=O) groups is 2. The molecule has 0 saturated carbocycles. The first-order valence-electron chi connectivity index (χ1n) is 10.9. The quantitative estimate of drug-likeness (QED) is 0.381. The van der Waals surface area contributed by atoms with Gasteiger partial charge in [0.1, 0.15) is 11.4 Å². The molecule has 1 aromatic heterocycles. The Morgan fingerprint density at radius 2 is 1.74 bits per heavy atom. The second kappa shape index (κ2) is 10.1. The Balaban J connectivity index is 1.79. The van der Waals surface area contributed by atoms with Gasteiger partial charge in [-0.1, -0.05) is 12.1 Å². The van der Waals surface area contributed by atoms with E-state index in [0.29, 0.717) is 23.6 Å². The molecule has 4 rings (SSSR count). The van der Waals surface area contributed by atoms with Crippen molar-refractivity contribution >= 4 is 11.9 Å². The summed E-state index contributed by atoms with van der Waals surface area (Å²) in [4.78, 5) is 27.0. The number of H-pyrrole nitrogens is 1. The Morgan fingerprint density at radius 1 is 1.06 bits per heavy atom. The summed E-state index contributed by atoms with van der Waals surface area (Å²) >= 11 is 0. The van der Waals surface area contributed by atoms with Crippen LogP contribution in [-0.4, -0.2) is 67.7 Å². The third-order valence-corrected chi connectivity index (χ3v) is 5.82. The van der Waals surface area contributed by atoms with E-state index in [4.69, 9.17) is 18.9 Å². The number of aromatic nitrogens is 2. The summed E-state index contributed by atoms with van der Waals surface area (Å²) in [5, 5.41) is 7.40. The lowest BCUT2D eigenvalue weighted by atomic mass is 9.95. The van der Waals surface area contributed by atoms with Crippen molar-refractivity contribution in [2.45, 2.75) is 19.3 Å². The number of ether oxygens (including phenoxy) is 4. The van der Waals surface area contributed by atoms with E-state index < -0.39 is 18.3 Å². The zero-order valence-corrected chi connectivity index (χ0v) is 19.5. The third-order valence-electron chi connectivity index (χ3n) is 5.82. The fourth-order valence-corrected chi connectivity index (χ4v) is 4.15. The van der Waals surface area contributed by atoms with Gasteiger partial charge in [0.2, 0.25) is 0 Å². The van der Waals surface area contributed by atoms with Crippen molar-refractivity contribution in [2.75, 3.05) is 34.5 Å². The van der Waals surface area contributed by atoms with Crippen molar-refractivity contribution < 1.29 is 28.5 Å². The molecule has 0 fully saturated rings. The van der Waals surface area contributed by atoms with E-state index >= 15 is 0 Å². The van der Waals surface area contributed by atoms with Crippen molar-refractivity contribution in [3.8, 4) is 17.0 Å². The van der Waals surface area contributed by atoms with Crippen LogP contribution in [0.2, 0.25) is 0 Å². The van der Waals surface area contributed by atoms with Crippen LogP contribution >= 0.6 is 0 Å². The number of hydrogen-bond donors (Lipinski definition) is 1. The minimum atomic E-state index is -0.605. The van der Waals surface area contributed by atoms with Crippen LogP contribution < -0.4 is 4.74 Å². The van der Waals surface area contributed by atoms with E-state index in [9.17, 15) is 9.59 Å². The van der Waals surface area contributed by atoms with Crippen LogP contribution in [0.3, 0.4) is 0 Å². The number of hydrogen-bond acceptors (Lipinski definition) is 7. The van der Waals surface area contributed by atoms with Crippen LogP contribution in [0.15, 0.2) is 48.5 Å². The minimum Gasteiger partial charge on any atom is -0.494 e. The van der Waals surface area contributed by atoms with E-state index in [1.165, 1.54) is 21.3 Å². The van der Waals surface area contributed by atoms with Crippen LogP contribution in [-0.2, 0) is 14.2 Å². The summed E-state index contributed by atoms with van der Waals surface area (Å²) in [6, 6.07) is 14.1. The number of fused-ring (bicyclic) bond motifs is 1. The summed E-state index contributed by atoms with van der Waals surface area (Å²) in [7, 11) is 4.40. The molecule has 0 bridgehead atoms. The Kier molecular flexibility index (Phi) is 6.95. The molecule has 0 aliphatic carbocycles. The molecule has 1 aliphatic heterocycles. The van der Waals surface area contributed by atoms with Gasteiger partial charge in [-0.05, 0) is 48.9 Å². The van der Waals surface area contributed by atoms with E-state index in [-0.39, 0.29) is 12.5 Å². The molecule has 1 atom stereocenters. The fourth-order valence-electron chi connectivity index (χ4n) is 4.15. The van der Waals surface area contributed by atoms with Crippen LogP contribution in [0.4, 0.5) is 0 Å². The first kappa shape index (κ1) is 23.5. The molecule has 0 spiro atoms. The largest absolute Gasteiger partial charge is 0.494 e. The molecule has 9 heteroatoms. The maximum Gasteiger partial charge on any atom is 0.337 e. The van der Waals surface area contributed by atoms with Crippen LogP contribution in [0.1, 0.15) is 44.9 Å². The lowest BCUT2D eigenvalue weighted by molar-refractivity contribution is -0.113. The lowest BCUT2D eigenvalue weighted by Gasteiger charge is -2.29. The lowest BCUT2D eigenvalue weighted by Crippen LogP contribution is -2.38. The monoisotopic (exact) mass is 465 g/mol. The van der Waals surface area contributed by atoms with E-state index in [0.717, 1.165) is 22.4 Å². The number of nitrogens with one attached hydrogen (secondary N) is 1. The molecule has 34 heavy (non-hydrogen) atoms. The van der Waals surface area contributed by atoms with E-state index in [1.807, 2.05) is 43.3 Å². The molecule has 3 aromatic rings. The molecule has 178 valence electrons. The number of rotatable bonds is 9. The van der Waals surface area contributed by atoms with Crippen LogP contribution in [0, 0.1) is 0 Å². The summed E-state index contributed by atoms with van der Waals surface area (Å²) in [5.74, 6) is 0.124. The van der Waals surface area contributed by atoms with Gasteiger partial charge < -0.3 is 23.8 Å². The average Bonchev–Trinajstić information content (AvgIpc) is 3.41. The van der Waals surface area contributed by atoms with Gasteiger partial charge in [-0.25, -0.2) is 4.79 Å². The number of esters is 1. The van der Waals surface area contributed by atoms with Crippen LogP contribution in [0.5, 0.6) is 5.75 Å². The van der Waals surface area contributed by atoms with Gasteiger partial charge in [0.25, 0.3) is 5.91 Å². The molecule has 1 aliphatic rings. The van der Waals surface area contributed by atoms with Crippen molar-refractivity contribution in [3.63, 3.8) is 0 Å². The van der Waals surface area contributed by atoms with Gasteiger partial charge in [0.05, 0.1) is 37.6 Å². The van der Waals surface area contributed by atoms with Crippen molar-refractivity contribution in [2.24, 2.45) is 0 Å². The molecule has 0 saturated heterocycles. The molecule has 2 heterocycles. The van der Waals surface area contributed by atoms with Gasteiger partial charge in [0, 0.05) is 25.3 Å². The van der Waals surface area contributed by atoms with Crippen molar-refractivity contribution in [1.29, 1.82) is 0 Å². The predicted molar refractivity (Wildman–Crippen MR) is 124 cm³/mol. The van der Waals surface area contributed by atoms with E-state index in [2.05, 4.69) is 10.2 Å². The highest BCUT2D eigenvalue weighted by atomic mass is 16.7. The normalized spacial score (nSPS) is 15.0. The number of aromatic amines is 1. The van der Waals surface area contributed by atoms with Gasteiger partial charge >= 0.3 is 5.97 Å². The number of carbonyl (C=O) groups excluding carboxylic acids is 2. The number of benzene rings is 2. The standard InChI is InChI=1S/C25H27N3O6/c1-5-34-18-12-10-15(11-13-18)21-20-22(27-26-21)24(29)28(14-19(31-2)32-3)23(20)16-6-8-17(9-7-16)25(30)33-4/h6-13,19,23H,5,14H2,1-4H3,(H,26,27). The SMILES string of the molecule is CCOc1ccc(-c2n[nH]c3c2C(c2ccc(C(=O)OC)cc2)N(CC(OC)OC)C3=O)cc1. The van der Waals surface area contributed by atoms with E-state index in [1.54, 1.807) is 17.0 Å². The molecule has 9 nitrogen and oxygen atoms in total. The zero-order chi connectivity index (χ0) is 24.2. The maximum atomic E-state index is 13.4. The molecule has 0 radical (unpaired) electrons. The number of amides is 1. The molecule has 2 aromatic carbocycles. The van der Waals surface area contributed by atoms with Crippen molar-refractivity contribution in [3.05, 3.63) is 70.9 Å². The highest BCUT2D eigenvalue weighted by Gasteiger charge is 2.43. The topological polar surface area (TPSA) is 103 Å². The number of nitrogens with zero attached hydrogens (tertiary/aromatic N) is 2. The summed E-state index contributed by atoms with van der Waals surface area (Å²) in [5.41, 5.74) is 3.93. The molecule has 1 unspecified atom stereocenters. The molecule has 1 N–H and O–H groups in total. The second-order valence-electron chi connectivity index (χ2n) is 7.69. The first-order chi connectivity index (χ1) is 16.5. The van der Waals surface area contributed by atoms with Gasteiger partial charge in [-0.3, -0.25) is 9.89 Å². The molecular formula is C25H27N3O6. The highest BCUT2D eigenvalue weighted by molar-refractivity contribution is 6.00. The van der Waals surface area contributed by atoms with Gasteiger partial charge in [-0.2, -0.15) is 5.10 Å². The predicted octanol–water partition coefficient (Wildman–Crippen LogP) is 3.43. The molecule has 1 amide bonds. The highest BCUT2D eigenvalue weighted by Crippen LogP contribution is 2.43. The van der Waals surface area contributed by atoms with Crippen molar-refractivity contribution in [1.82, 2.24) is 15.1 Å². The van der Waals surface area contributed by atoms with Gasteiger partial charge in [0.15, 0.2) is 6.29 Å². The summed E-state index contributed by atoms with van der Waals surface area (Å²) in [6.45, 7) is 2.71. The summed E-state index contributed by atoms with van der Waals surface area (Å²) < 4.78 is 21.1. The Hall–Kier alpha value is -3.69. The van der Waals surface area contributed by atoms with Crippen LogP contribution in [0.25, 0.3) is 11.3 Å². The second-order valence-corrected chi connectivity index (χ2v) is 7.69. The number of methoxy groups -OCH3 is 3. The fraction of sp³-hybridized carbons (Fsp3) is 0.320. The Morgan fingerprint density at radius 3 is 2.32 bits per heavy atom. The average molecular weight is 466 g/mol. The summed E-state index contributed by atoms with van der Waals surface area (Å²) in [6.07, 6.45) is -0.605. The zero-order valence-electron chi connectivity index (χ0n) is 19.5. The first-order valence-corrected chi connectivity index (χ1v) is 10.9. The Bertz CT molecular complexity index is 1150. The smallest absolute Gasteiger partial charge is 0.337 e. The third kappa shape index (κ3) is 4.27. The molecular weight excluding hydrogens is 438 g/mol. The maximum absolute atomic E-state index is 13.4.